The van der Waals surface area contributed by atoms with E-state index in [1.807, 2.05) is 11.6 Å². The molecule has 32 heavy (non-hydrogen) atoms. The van der Waals surface area contributed by atoms with Crippen molar-refractivity contribution in [1.29, 1.82) is 0 Å². The van der Waals surface area contributed by atoms with Crippen LogP contribution in [0.5, 0.6) is 0 Å². The smallest absolute Gasteiger partial charge is 0.263 e. The molecule has 2 aromatic carbocycles. The van der Waals surface area contributed by atoms with Crippen LogP contribution in [-0.2, 0) is 24.9 Å². The summed E-state index contributed by atoms with van der Waals surface area (Å²) in [5, 5.41) is 5.39. The van der Waals surface area contributed by atoms with Gasteiger partial charge in [-0.15, -0.1) is 0 Å². The molecule has 2 heterocycles. The Morgan fingerprint density at radius 1 is 1.09 bits per heavy atom. The summed E-state index contributed by atoms with van der Waals surface area (Å²) in [6.07, 6.45) is 3.13. The number of pyridine rings is 1. The number of nitrogens with zero attached hydrogens (tertiary/aromatic N) is 3. The summed E-state index contributed by atoms with van der Waals surface area (Å²) in [6, 6.07) is 13.9. The second-order valence-electron chi connectivity index (χ2n) is 7.27. The van der Waals surface area contributed by atoms with Gasteiger partial charge in [-0.05, 0) is 48.0 Å². The zero-order valence-corrected chi connectivity index (χ0v) is 17.2. The van der Waals surface area contributed by atoms with Gasteiger partial charge in [0.1, 0.15) is 17.9 Å². The minimum absolute atomic E-state index is 0.0845. The maximum absolute atomic E-state index is 13.0. The van der Waals surface area contributed by atoms with Crippen LogP contribution in [-0.4, -0.2) is 25.9 Å². The summed E-state index contributed by atoms with van der Waals surface area (Å²) in [7, 11) is 1.85. The molecule has 0 radical (unpaired) electrons. The standard InChI is InChI=1S/C23H20FN5O3/c1-28-14-26-19-9-8-17(11-20(19)28)27-21(30)13-29-10-2-3-18(23(29)32)22(31)25-12-15-4-6-16(24)7-5-15/h2-11,14H,12-13H2,1H3,(H,25,31)(H,27,30). The fourth-order valence-corrected chi connectivity index (χ4v) is 3.27. The number of halogens is 1. The minimum atomic E-state index is -0.582. The number of imidazole rings is 1. The van der Waals surface area contributed by atoms with Crippen molar-refractivity contribution in [3.63, 3.8) is 0 Å². The van der Waals surface area contributed by atoms with Gasteiger partial charge in [0.25, 0.3) is 11.5 Å². The summed E-state index contributed by atoms with van der Waals surface area (Å²) < 4.78 is 16.0. The molecular weight excluding hydrogens is 413 g/mol. The Labute approximate surface area is 182 Å². The Morgan fingerprint density at radius 2 is 1.88 bits per heavy atom. The Kier molecular flexibility index (Phi) is 5.80. The number of carbonyl (C=O) groups is 2. The van der Waals surface area contributed by atoms with Gasteiger partial charge >= 0.3 is 0 Å². The van der Waals surface area contributed by atoms with Crippen LogP contribution in [0.3, 0.4) is 0 Å². The van der Waals surface area contributed by atoms with Crippen LogP contribution in [0.4, 0.5) is 10.1 Å². The molecule has 2 aromatic heterocycles. The number of carbonyl (C=O) groups excluding carboxylic acids is 2. The van der Waals surface area contributed by atoms with E-state index in [0.717, 1.165) is 11.0 Å². The third kappa shape index (κ3) is 4.56. The van der Waals surface area contributed by atoms with Crippen molar-refractivity contribution in [3.05, 3.63) is 94.4 Å². The maximum atomic E-state index is 13.0. The van der Waals surface area contributed by atoms with Gasteiger partial charge in [0.05, 0.1) is 17.4 Å². The third-order valence-corrected chi connectivity index (χ3v) is 4.95. The molecule has 0 saturated heterocycles. The van der Waals surface area contributed by atoms with Gasteiger partial charge in [0.15, 0.2) is 0 Å². The van der Waals surface area contributed by atoms with Crippen molar-refractivity contribution in [2.75, 3.05) is 5.32 Å². The van der Waals surface area contributed by atoms with Crippen molar-refractivity contribution >= 4 is 28.5 Å². The molecule has 0 spiro atoms. The SMILES string of the molecule is Cn1cnc2ccc(NC(=O)Cn3cccc(C(=O)NCc4ccc(F)cc4)c3=O)cc21. The molecule has 0 aliphatic rings. The van der Waals surface area contributed by atoms with Gasteiger partial charge in [-0.3, -0.25) is 14.4 Å². The van der Waals surface area contributed by atoms with Crippen molar-refractivity contribution in [3.8, 4) is 0 Å². The Balaban J connectivity index is 1.43. The summed E-state index contributed by atoms with van der Waals surface area (Å²) in [5.74, 6) is -1.35. The van der Waals surface area contributed by atoms with E-state index < -0.39 is 17.4 Å². The fourth-order valence-electron chi connectivity index (χ4n) is 3.27. The van der Waals surface area contributed by atoms with Crippen LogP contribution in [0.25, 0.3) is 11.0 Å². The van der Waals surface area contributed by atoms with Crippen molar-refractivity contribution in [2.24, 2.45) is 7.05 Å². The van der Waals surface area contributed by atoms with Crippen LogP contribution in [0, 0.1) is 5.82 Å². The quantitative estimate of drug-likeness (QED) is 0.488. The topological polar surface area (TPSA) is 98.0 Å². The zero-order valence-electron chi connectivity index (χ0n) is 17.2. The number of aryl methyl sites for hydroxylation is 1. The largest absolute Gasteiger partial charge is 0.348 e. The van der Waals surface area contributed by atoms with Gasteiger partial charge in [0, 0.05) is 25.5 Å². The average molecular weight is 433 g/mol. The first-order valence-electron chi connectivity index (χ1n) is 9.84. The second-order valence-corrected chi connectivity index (χ2v) is 7.27. The Bertz CT molecular complexity index is 1360. The second kappa shape index (κ2) is 8.84. The van der Waals surface area contributed by atoms with Crippen LogP contribution in [0.1, 0.15) is 15.9 Å². The number of anilines is 1. The predicted octanol–water partition coefficient (Wildman–Crippen LogP) is 2.44. The first-order valence-corrected chi connectivity index (χ1v) is 9.84. The fraction of sp³-hybridized carbons (Fsp3) is 0.130. The number of fused-ring (bicyclic) bond motifs is 1. The molecule has 2 N–H and O–H groups in total. The van der Waals surface area contributed by atoms with E-state index in [0.29, 0.717) is 11.3 Å². The number of nitrogens with one attached hydrogen (secondary N) is 2. The number of benzene rings is 2. The van der Waals surface area contributed by atoms with Gasteiger partial charge in [0.2, 0.25) is 5.91 Å². The molecule has 4 rings (SSSR count). The van der Waals surface area contributed by atoms with E-state index in [4.69, 9.17) is 0 Å². The number of rotatable bonds is 6. The van der Waals surface area contributed by atoms with E-state index in [-0.39, 0.29) is 24.5 Å². The van der Waals surface area contributed by atoms with E-state index in [1.165, 1.54) is 35.0 Å². The number of aromatic nitrogens is 3. The van der Waals surface area contributed by atoms with Crippen LogP contribution in [0.15, 0.2) is 71.9 Å². The lowest BCUT2D eigenvalue weighted by Gasteiger charge is -2.10. The molecule has 0 aliphatic carbocycles. The predicted molar refractivity (Wildman–Crippen MR) is 118 cm³/mol. The molecule has 0 aliphatic heterocycles. The normalized spacial score (nSPS) is 10.8. The highest BCUT2D eigenvalue weighted by molar-refractivity contribution is 5.94. The molecule has 0 atom stereocenters. The monoisotopic (exact) mass is 433 g/mol. The molecule has 162 valence electrons. The van der Waals surface area contributed by atoms with E-state index in [1.54, 1.807) is 36.7 Å². The summed E-state index contributed by atoms with van der Waals surface area (Å²) >= 11 is 0. The van der Waals surface area contributed by atoms with Crippen molar-refractivity contribution < 1.29 is 14.0 Å². The Morgan fingerprint density at radius 3 is 2.66 bits per heavy atom. The van der Waals surface area contributed by atoms with E-state index in [9.17, 15) is 18.8 Å². The lowest BCUT2D eigenvalue weighted by atomic mass is 10.2. The molecular formula is C23H20FN5O3. The molecule has 9 heteroatoms. The van der Waals surface area contributed by atoms with Crippen LogP contribution >= 0.6 is 0 Å². The zero-order chi connectivity index (χ0) is 22.7. The molecule has 0 bridgehead atoms. The first kappa shape index (κ1) is 21.0. The third-order valence-electron chi connectivity index (χ3n) is 4.95. The van der Waals surface area contributed by atoms with Crippen molar-refractivity contribution in [1.82, 2.24) is 19.4 Å². The molecule has 8 nitrogen and oxygen atoms in total. The first-order chi connectivity index (χ1) is 15.4. The van der Waals surface area contributed by atoms with Gasteiger partial charge < -0.3 is 19.8 Å². The van der Waals surface area contributed by atoms with Gasteiger partial charge in [-0.1, -0.05) is 12.1 Å². The molecule has 4 aromatic rings. The average Bonchev–Trinajstić information content (AvgIpc) is 3.15. The lowest BCUT2D eigenvalue weighted by Crippen LogP contribution is -2.34. The van der Waals surface area contributed by atoms with Crippen molar-refractivity contribution in [2.45, 2.75) is 13.1 Å². The molecule has 2 amide bonds. The van der Waals surface area contributed by atoms with Crippen LogP contribution < -0.4 is 16.2 Å². The molecule has 0 unspecified atom stereocenters. The van der Waals surface area contributed by atoms with Crippen LogP contribution in [0.2, 0.25) is 0 Å². The highest BCUT2D eigenvalue weighted by Gasteiger charge is 2.14. The van der Waals surface area contributed by atoms with Gasteiger partial charge in [-0.25, -0.2) is 9.37 Å². The number of amides is 2. The van der Waals surface area contributed by atoms with E-state index >= 15 is 0 Å². The molecule has 0 saturated carbocycles. The minimum Gasteiger partial charge on any atom is -0.348 e. The summed E-state index contributed by atoms with van der Waals surface area (Å²) in [6.45, 7) is -0.105. The highest BCUT2D eigenvalue weighted by Crippen LogP contribution is 2.17. The lowest BCUT2D eigenvalue weighted by molar-refractivity contribution is -0.116. The number of hydrogen-bond acceptors (Lipinski definition) is 4. The van der Waals surface area contributed by atoms with Gasteiger partial charge in [-0.2, -0.15) is 0 Å². The highest BCUT2D eigenvalue weighted by atomic mass is 19.1. The Hall–Kier alpha value is -4.27. The maximum Gasteiger partial charge on any atom is 0.263 e. The molecule has 0 fully saturated rings. The summed E-state index contributed by atoms with van der Waals surface area (Å²) in [4.78, 5) is 41.9. The summed E-state index contributed by atoms with van der Waals surface area (Å²) in [5.41, 5.74) is 2.27. The van der Waals surface area contributed by atoms with E-state index in [2.05, 4.69) is 15.6 Å². The number of hydrogen-bond donors (Lipinski definition) is 2.